The first-order chi connectivity index (χ1) is 19.0. The molecule has 4 aliphatic carbocycles. The molecule has 2 bridgehead atoms. The molecule has 6 rings (SSSR count). The van der Waals surface area contributed by atoms with Crippen LogP contribution in [-0.4, -0.2) is 41.9 Å². The van der Waals surface area contributed by atoms with Crippen LogP contribution in [-0.2, 0) is 25.6 Å². The van der Waals surface area contributed by atoms with Crippen molar-refractivity contribution in [1.29, 1.82) is 0 Å². The van der Waals surface area contributed by atoms with Gasteiger partial charge in [-0.2, -0.15) is 0 Å². The number of carbonyl (C=O) groups is 2. The second-order valence-corrected chi connectivity index (χ2v) is 12.7. The molecule has 3 fully saturated rings. The number of amides is 1. The molecule has 0 aromatic heterocycles. The monoisotopic (exact) mass is 533 g/mol. The predicted octanol–water partition coefficient (Wildman–Crippen LogP) is 7.09. The highest BCUT2D eigenvalue weighted by atomic mass is 16.7. The smallest absolute Gasteiger partial charge is 0.410 e. The summed E-state index contributed by atoms with van der Waals surface area (Å²) in [5.41, 5.74) is 3.56. The lowest BCUT2D eigenvalue weighted by Gasteiger charge is -2.60. The van der Waals surface area contributed by atoms with Crippen LogP contribution in [0, 0.1) is 17.3 Å². The van der Waals surface area contributed by atoms with E-state index >= 15 is 0 Å². The van der Waals surface area contributed by atoms with Gasteiger partial charge in [-0.3, -0.25) is 4.79 Å². The molecule has 1 aliphatic heterocycles. The lowest BCUT2D eigenvalue weighted by molar-refractivity contribution is -0.172. The minimum absolute atomic E-state index is 0.0128. The number of likely N-dealkylation sites (tertiary alicyclic amines) is 1. The van der Waals surface area contributed by atoms with Gasteiger partial charge in [-0.15, -0.1) is 0 Å². The molecular weight excluding hydrogens is 490 g/mol. The summed E-state index contributed by atoms with van der Waals surface area (Å²) in [7, 11) is 0. The van der Waals surface area contributed by atoms with Gasteiger partial charge in [0.25, 0.3) is 0 Å². The van der Waals surface area contributed by atoms with Gasteiger partial charge in [0.15, 0.2) is 6.79 Å². The Labute approximate surface area is 232 Å². The highest BCUT2D eigenvalue weighted by Gasteiger charge is 2.57. The molecular formula is C33H43NO5. The maximum atomic E-state index is 13.3. The van der Waals surface area contributed by atoms with Crippen molar-refractivity contribution in [2.45, 2.75) is 102 Å². The number of ether oxygens (including phenoxy) is 3. The standard InChI is InChI=1S/C33H43NO5/c1-32(39-23-38-30(35)25-12-6-3-7-13-25)17-15-26-20-29-27-14-8-9-16-33(27,28(26)21-32)18-19-34(29)31(36)37-22-24-10-4-2-5-11-24/h2,4-5,10-11,15,17,25,27,29H,3,6-9,12-14,16,18-23H2,1H3/t27-,29+,32?,33+/m1/s1. The van der Waals surface area contributed by atoms with Crippen molar-refractivity contribution in [3.63, 3.8) is 0 Å². The number of hydrogen-bond acceptors (Lipinski definition) is 5. The molecule has 6 heteroatoms. The Hall–Kier alpha value is -2.60. The third-order valence-electron chi connectivity index (χ3n) is 10.3. The Morgan fingerprint density at radius 1 is 0.974 bits per heavy atom. The van der Waals surface area contributed by atoms with Gasteiger partial charge in [0.05, 0.1) is 11.5 Å². The highest BCUT2D eigenvalue weighted by molar-refractivity contribution is 5.72. The lowest BCUT2D eigenvalue weighted by Crippen LogP contribution is -2.60. The Morgan fingerprint density at radius 3 is 2.59 bits per heavy atom. The molecule has 0 spiro atoms. The van der Waals surface area contributed by atoms with Crippen molar-refractivity contribution >= 4 is 12.1 Å². The first kappa shape index (κ1) is 26.6. The fourth-order valence-electron chi connectivity index (χ4n) is 8.24. The molecule has 1 saturated heterocycles. The third kappa shape index (κ3) is 5.29. The van der Waals surface area contributed by atoms with E-state index in [1.165, 1.54) is 36.8 Å². The molecule has 0 N–H and O–H groups in total. The van der Waals surface area contributed by atoms with Gasteiger partial charge in [-0.1, -0.05) is 80.2 Å². The third-order valence-corrected chi connectivity index (χ3v) is 10.3. The minimum atomic E-state index is -0.485. The van der Waals surface area contributed by atoms with Crippen LogP contribution in [0.15, 0.2) is 53.6 Å². The highest BCUT2D eigenvalue weighted by Crippen LogP contribution is 2.61. The van der Waals surface area contributed by atoms with Gasteiger partial charge in [0, 0.05) is 19.0 Å². The Kier molecular flexibility index (Phi) is 7.58. The van der Waals surface area contributed by atoms with Crippen molar-refractivity contribution in [3.05, 3.63) is 59.2 Å². The van der Waals surface area contributed by atoms with E-state index in [-0.39, 0.29) is 36.2 Å². The molecule has 0 radical (unpaired) electrons. The quantitative estimate of drug-likeness (QED) is 0.288. The number of carbonyl (C=O) groups excluding carboxylic acids is 2. The van der Waals surface area contributed by atoms with Crippen LogP contribution in [0.1, 0.15) is 89.5 Å². The summed E-state index contributed by atoms with van der Waals surface area (Å²) in [5.74, 6) is 0.395. The normalized spacial score (nSPS) is 32.3. The molecule has 1 heterocycles. The zero-order valence-corrected chi connectivity index (χ0v) is 23.4. The molecule has 39 heavy (non-hydrogen) atoms. The first-order valence-electron chi connectivity index (χ1n) is 15.2. The Bertz CT molecular complexity index is 1120. The lowest BCUT2D eigenvalue weighted by atomic mass is 9.50. The molecule has 1 unspecified atom stereocenters. The van der Waals surface area contributed by atoms with Crippen LogP contribution in [0.5, 0.6) is 0 Å². The van der Waals surface area contributed by atoms with Crippen molar-refractivity contribution < 1.29 is 23.8 Å². The summed E-state index contributed by atoms with van der Waals surface area (Å²) < 4.78 is 17.7. The van der Waals surface area contributed by atoms with Crippen LogP contribution in [0.2, 0.25) is 0 Å². The summed E-state index contributed by atoms with van der Waals surface area (Å²) in [6.07, 6.45) is 17.0. The first-order valence-corrected chi connectivity index (χ1v) is 15.2. The van der Waals surface area contributed by atoms with E-state index in [0.717, 1.165) is 63.5 Å². The maximum absolute atomic E-state index is 13.3. The van der Waals surface area contributed by atoms with Crippen molar-refractivity contribution in [2.24, 2.45) is 17.3 Å². The zero-order chi connectivity index (χ0) is 26.9. The number of hydrogen-bond donors (Lipinski definition) is 0. The van der Waals surface area contributed by atoms with Crippen molar-refractivity contribution in [1.82, 2.24) is 4.90 Å². The van der Waals surface area contributed by atoms with E-state index in [4.69, 9.17) is 14.2 Å². The fourth-order valence-corrected chi connectivity index (χ4v) is 8.24. The van der Waals surface area contributed by atoms with Crippen LogP contribution >= 0.6 is 0 Å². The summed E-state index contributed by atoms with van der Waals surface area (Å²) in [4.78, 5) is 27.9. The van der Waals surface area contributed by atoms with Gasteiger partial charge >= 0.3 is 12.1 Å². The molecule has 1 amide bonds. The molecule has 4 atom stereocenters. The number of piperidine rings is 1. The second kappa shape index (κ2) is 11.1. The average Bonchev–Trinajstić information content (AvgIpc) is 2.97. The summed E-state index contributed by atoms with van der Waals surface area (Å²) in [5, 5.41) is 0. The second-order valence-electron chi connectivity index (χ2n) is 12.7. The average molecular weight is 534 g/mol. The maximum Gasteiger partial charge on any atom is 0.410 e. The van der Waals surface area contributed by atoms with Gasteiger partial charge in [0.1, 0.15) is 6.61 Å². The molecule has 1 aromatic carbocycles. The van der Waals surface area contributed by atoms with Gasteiger partial charge in [-0.25, -0.2) is 4.79 Å². The van der Waals surface area contributed by atoms with Crippen LogP contribution < -0.4 is 0 Å². The molecule has 6 nitrogen and oxygen atoms in total. The van der Waals surface area contributed by atoms with E-state index in [1.807, 2.05) is 35.2 Å². The number of rotatable bonds is 6. The molecule has 2 saturated carbocycles. The Balaban J connectivity index is 1.13. The van der Waals surface area contributed by atoms with Crippen molar-refractivity contribution in [2.75, 3.05) is 13.3 Å². The molecule has 210 valence electrons. The number of benzene rings is 1. The van der Waals surface area contributed by atoms with E-state index in [9.17, 15) is 9.59 Å². The SMILES string of the molecule is CC1(OCOC(=O)C2CCCCC2)C=CC2=C(C1)[C@]13CCCC[C@@H]1[C@H](C2)N(C(=O)OCc1ccccc1)CC3. The Morgan fingerprint density at radius 2 is 1.77 bits per heavy atom. The van der Waals surface area contributed by atoms with Crippen molar-refractivity contribution in [3.8, 4) is 0 Å². The summed E-state index contributed by atoms with van der Waals surface area (Å²) in [6.45, 7) is 3.19. The number of esters is 1. The fraction of sp³-hybridized carbons (Fsp3) is 0.636. The molecule has 5 aliphatic rings. The van der Waals surface area contributed by atoms with Crippen LogP contribution in [0.4, 0.5) is 4.79 Å². The van der Waals surface area contributed by atoms with Crippen LogP contribution in [0.3, 0.4) is 0 Å². The van der Waals surface area contributed by atoms with Gasteiger partial charge in [0.2, 0.25) is 0 Å². The van der Waals surface area contributed by atoms with E-state index in [1.54, 1.807) is 0 Å². The minimum Gasteiger partial charge on any atom is -0.445 e. The topological polar surface area (TPSA) is 65.1 Å². The predicted molar refractivity (Wildman–Crippen MR) is 149 cm³/mol. The largest absolute Gasteiger partial charge is 0.445 e. The number of allylic oxidation sites excluding steroid dienone is 1. The van der Waals surface area contributed by atoms with Crippen LogP contribution in [0.25, 0.3) is 0 Å². The zero-order valence-electron chi connectivity index (χ0n) is 23.4. The van der Waals surface area contributed by atoms with Gasteiger partial charge < -0.3 is 19.1 Å². The summed E-state index contributed by atoms with van der Waals surface area (Å²) >= 11 is 0. The molecule has 1 aromatic rings. The summed E-state index contributed by atoms with van der Waals surface area (Å²) in [6, 6.07) is 10.1. The number of nitrogens with zero attached hydrogens (tertiary/aromatic N) is 1. The van der Waals surface area contributed by atoms with Gasteiger partial charge in [-0.05, 0) is 67.9 Å². The van der Waals surface area contributed by atoms with E-state index in [0.29, 0.717) is 12.5 Å². The van der Waals surface area contributed by atoms with E-state index < -0.39 is 5.60 Å². The van der Waals surface area contributed by atoms with E-state index in [2.05, 4.69) is 19.1 Å².